The molecule has 0 aliphatic heterocycles. The molecular formula is C14H18Cl2N2O. The summed E-state index contributed by atoms with van der Waals surface area (Å²) in [6.07, 6.45) is 1.98. The third-order valence-corrected chi connectivity index (χ3v) is 3.34. The summed E-state index contributed by atoms with van der Waals surface area (Å²) in [6.45, 7) is 1.56. The van der Waals surface area contributed by atoms with Crippen LogP contribution in [0.3, 0.4) is 0 Å². The zero-order valence-corrected chi connectivity index (χ0v) is 12.7. The van der Waals surface area contributed by atoms with E-state index in [1.807, 2.05) is 20.2 Å². The van der Waals surface area contributed by atoms with Crippen molar-refractivity contribution in [2.75, 3.05) is 27.2 Å². The van der Waals surface area contributed by atoms with E-state index in [-0.39, 0.29) is 0 Å². The van der Waals surface area contributed by atoms with Crippen molar-refractivity contribution in [3.05, 3.63) is 33.8 Å². The monoisotopic (exact) mass is 300 g/mol. The predicted molar refractivity (Wildman–Crippen MR) is 81.7 cm³/mol. The van der Waals surface area contributed by atoms with Gasteiger partial charge in [0.05, 0.1) is 16.6 Å². The van der Waals surface area contributed by atoms with Crippen molar-refractivity contribution in [2.24, 2.45) is 4.99 Å². The molecule has 0 atom stereocenters. The Balaban J connectivity index is 2.88. The second kappa shape index (κ2) is 8.31. The van der Waals surface area contributed by atoms with Gasteiger partial charge >= 0.3 is 0 Å². The van der Waals surface area contributed by atoms with Crippen LogP contribution in [-0.4, -0.2) is 44.1 Å². The van der Waals surface area contributed by atoms with Gasteiger partial charge in [-0.05, 0) is 38.2 Å². The lowest BCUT2D eigenvalue weighted by Crippen LogP contribution is -2.16. The van der Waals surface area contributed by atoms with Gasteiger partial charge in [0.2, 0.25) is 0 Å². The fourth-order valence-corrected chi connectivity index (χ4v) is 1.87. The lowest BCUT2D eigenvalue weighted by atomic mass is 10.1. The van der Waals surface area contributed by atoms with Crippen LogP contribution in [-0.2, 0) is 4.79 Å². The highest BCUT2D eigenvalue weighted by Crippen LogP contribution is 2.23. The summed E-state index contributed by atoms with van der Waals surface area (Å²) < 4.78 is 0. The molecule has 0 saturated carbocycles. The SMILES string of the molecule is CN(C)CCN=C(CCC=O)c1ccc(Cl)c(Cl)c1. The molecular weight excluding hydrogens is 283 g/mol. The van der Waals surface area contributed by atoms with Gasteiger partial charge < -0.3 is 9.69 Å². The van der Waals surface area contributed by atoms with Crippen LogP contribution >= 0.6 is 23.2 Å². The Labute approximate surface area is 124 Å². The molecule has 104 valence electrons. The molecule has 0 heterocycles. The Kier molecular flexibility index (Phi) is 7.06. The lowest BCUT2D eigenvalue weighted by molar-refractivity contribution is -0.107. The second-order valence-corrected chi connectivity index (χ2v) is 5.28. The molecule has 0 N–H and O–H groups in total. The molecule has 0 fully saturated rings. The molecule has 0 aromatic heterocycles. The first-order chi connectivity index (χ1) is 9.04. The number of hydrogen-bond donors (Lipinski definition) is 0. The summed E-state index contributed by atoms with van der Waals surface area (Å²) >= 11 is 11.9. The van der Waals surface area contributed by atoms with Crippen LogP contribution in [0.1, 0.15) is 18.4 Å². The molecule has 0 aliphatic rings. The van der Waals surface area contributed by atoms with E-state index in [2.05, 4.69) is 9.89 Å². The summed E-state index contributed by atoms with van der Waals surface area (Å²) in [5.41, 5.74) is 1.82. The molecule has 0 aliphatic carbocycles. The first kappa shape index (κ1) is 16.2. The fraction of sp³-hybridized carbons (Fsp3) is 0.429. The number of hydrogen-bond acceptors (Lipinski definition) is 3. The third kappa shape index (κ3) is 5.72. The number of aldehydes is 1. The highest BCUT2D eigenvalue weighted by molar-refractivity contribution is 6.42. The zero-order chi connectivity index (χ0) is 14.3. The number of rotatable bonds is 7. The van der Waals surface area contributed by atoms with Crippen molar-refractivity contribution < 1.29 is 4.79 Å². The number of carbonyl (C=O) groups excluding carboxylic acids is 1. The maximum atomic E-state index is 10.5. The first-order valence-electron chi connectivity index (χ1n) is 6.11. The highest BCUT2D eigenvalue weighted by Gasteiger charge is 2.06. The van der Waals surface area contributed by atoms with Crippen molar-refractivity contribution in [1.29, 1.82) is 0 Å². The summed E-state index contributed by atoms with van der Waals surface area (Å²) in [7, 11) is 4.00. The topological polar surface area (TPSA) is 32.7 Å². The summed E-state index contributed by atoms with van der Waals surface area (Å²) in [5.74, 6) is 0. The maximum absolute atomic E-state index is 10.5. The minimum atomic E-state index is 0.459. The van der Waals surface area contributed by atoms with Crippen LogP contribution in [0.2, 0.25) is 10.0 Å². The number of aliphatic imine (C=N–C) groups is 1. The highest BCUT2D eigenvalue weighted by atomic mass is 35.5. The van der Waals surface area contributed by atoms with Gasteiger partial charge in [-0.3, -0.25) is 4.99 Å². The predicted octanol–water partition coefficient (Wildman–Crippen LogP) is 3.32. The van der Waals surface area contributed by atoms with Crippen molar-refractivity contribution in [1.82, 2.24) is 4.90 Å². The quantitative estimate of drug-likeness (QED) is 0.571. The van der Waals surface area contributed by atoms with Crippen LogP contribution in [0.15, 0.2) is 23.2 Å². The molecule has 0 spiro atoms. The van der Waals surface area contributed by atoms with E-state index >= 15 is 0 Å². The number of carbonyl (C=O) groups is 1. The minimum Gasteiger partial charge on any atom is -0.308 e. The molecule has 1 rings (SSSR count). The Morgan fingerprint density at radius 1 is 1.32 bits per heavy atom. The largest absolute Gasteiger partial charge is 0.308 e. The summed E-state index contributed by atoms with van der Waals surface area (Å²) in [5, 5.41) is 1.03. The van der Waals surface area contributed by atoms with Crippen LogP contribution in [0.25, 0.3) is 0 Å². The number of benzene rings is 1. The average Bonchev–Trinajstić information content (AvgIpc) is 2.36. The Bertz CT molecular complexity index is 459. The molecule has 1 aromatic carbocycles. The van der Waals surface area contributed by atoms with Gasteiger partial charge in [-0.15, -0.1) is 0 Å². The van der Waals surface area contributed by atoms with Gasteiger partial charge in [-0.2, -0.15) is 0 Å². The number of likely N-dealkylation sites (N-methyl/N-ethyl adjacent to an activating group) is 1. The van der Waals surface area contributed by atoms with E-state index in [9.17, 15) is 4.79 Å². The van der Waals surface area contributed by atoms with Gasteiger partial charge in [0.25, 0.3) is 0 Å². The van der Waals surface area contributed by atoms with Crippen LogP contribution in [0.4, 0.5) is 0 Å². The fourth-order valence-electron chi connectivity index (χ4n) is 1.57. The summed E-state index contributed by atoms with van der Waals surface area (Å²) in [4.78, 5) is 17.2. The summed E-state index contributed by atoms with van der Waals surface area (Å²) in [6, 6.07) is 5.43. The molecule has 0 radical (unpaired) electrons. The van der Waals surface area contributed by atoms with Gasteiger partial charge in [-0.1, -0.05) is 29.3 Å². The average molecular weight is 301 g/mol. The third-order valence-electron chi connectivity index (χ3n) is 2.60. The second-order valence-electron chi connectivity index (χ2n) is 4.47. The number of halogens is 2. The van der Waals surface area contributed by atoms with Crippen molar-refractivity contribution in [3.8, 4) is 0 Å². The molecule has 19 heavy (non-hydrogen) atoms. The van der Waals surface area contributed by atoms with E-state index in [0.717, 1.165) is 24.1 Å². The molecule has 5 heteroatoms. The van der Waals surface area contributed by atoms with Crippen molar-refractivity contribution in [2.45, 2.75) is 12.8 Å². The van der Waals surface area contributed by atoms with E-state index in [0.29, 0.717) is 29.4 Å². The van der Waals surface area contributed by atoms with Gasteiger partial charge in [0.15, 0.2) is 0 Å². The molecule has 0 unspecified atom stereocenters. The van der Waals surface area contributed by atoms with Gasteiger partial charge in [-0.25, -0.2) is 0 Å². The smallest absolute Gasteiger partial charge is 0.120 e. The molecule has 0 saturated heterocycles. The standard InChI is InChI=1S/C14H18Cl2N2O/c1-18(2)8-7-17-14(4-3-9-19)11-5-6-12(15)13(16)10-11/h5-6,9-10H,3-4,7-8H2,1-2H3. The zero-order valence-electron chi connectivity index (χ0n) is 11.2. The van der Waals surface area contributed by atoms with Gasteiger partial charge in [0, 0.05) is 18.7 Å². The first-order valence-corrected chi connectivity index (χ1v) is 6.87. The van der Waals surface area contributed by atoms with Crippen LogP contribution < -0.4 is 0 Å². The Morgan fingerprint density at radius 2 is 2.05 bits per heavy atom. The molecule has 0 amide bonds. The van der Waals surface area contributed by atoms with E-state index < -0.39 is 0 Å². The molecule has 3 nitrogen and oxygen atoms in total. The van der Waals surface area contributed by atoms with Crippen LogP contribution in [0, 0.1) is 0 Å². The van der Waals surface area contributed by atoms with Gasteiger partial charge in [0.1, 0.15) is 6.29 Å². The Morgan fingerprint density at radius 3 is 2.63 bits per heavy atom. The minimum absolute atomic E-state index is 0.459. The molecule has 0 bridgehead atoms. The maximum Gasteiger partial charge on any atom is 0.120 e. The van der Waals surface area contributed by atoms with Crippen molar-refractivity contribution >= 4 is 35.2 Å². The van der Waals surface area contributed by atoms with E-state index in [1.165, 1.54) is 0 Å². The number of nitrogens with zero attached hydrogens (tertiary/aromatic N) is 2. The van der Waals surface area contributed by atoms with E-state index in [1.54, 1.807) is 12.1 Å². The van der Waals surface area contributed by atoms with Crippen molar-refractivity contribution in [3.63, 3.8) is 0 Å². The van der Waals surface area contributed by atoms with E-state index in [4.69, 9.17) is 23.2 Å². The Hall–Kier alpha value is -0.900. The molecule has 1 aromatic rings. The van der Waals surface area contributed by atoms with Crippen LogP contribution in [0.5, 0.6) is 0 Å². The lowest BCUT2D eigenvalue weighted by Gasteiger charge is -2.10. The normalized spacial score (nSPS) is 11.9.